The zero-order valence-electron chi connectivity index (χ0n) is 10.9. The number of aliphatic carboxylic acids is 2. The molecule has 7 nitrogen and oxygen atoms in total. The Labute approximate surface area is 109 Å². The Morgan fingerprint density at radius 2 is 1.47 bits per heavy atom. The molecular formula is C12H15NO6. The lowest BCUT2D eigenvalue weighted by atomic mass is 10.1. The molecule has 0 aliphatic rings. The first-order valence-electron chi connectivity index (χ1n) is 5.53. The molecule has 0 bridgehead atoms. The first-order valence-corrected chi connectivity index (χ1v) is 5.53. The van der Waals surface area contributed by atoms with Gasteiger partial charge < -0.3 is 19.5 Å². The molecule has 0 radical (unpaired) electrons. The van der Waals surface area contributed by atoms with Gasteiger partial charge in [-0.3, -0.25) is 14.4 Å². The monoisotopic (exact) mass is 269 g/mol. The fourth-order valence-corrected chi connectivity index (χ4v) is 1.79. The zero-order valence-corrected chi connectivity index (χ0v) is 10.9. The molecule has 0 spiro atoms. The van der Waals surface area contributed by atoms with E-state index in [1.54, 1.807) is 20.8 Å². The molecule has 1 heterocycles. The zero-order chi connectivity index (χ0) is 14.7. The Balaban J connectivity index is 3.11. The fourth-order valence-electron chi connectivity index (χ4n) is 1.79. The quantitative estimate of drug-likeness (QED) is 0.819. The number of carboxylic acid groups (broad SMARTS) is 2. The molecule has 1 rings (SSSR count). The van der Waals surface area contributed by atoms with E-state index in [1.807, 2.05) is 0 Å². The van der Waals surface area contributed by atoms with E-state index >= 15 is 0 Å². The largest absolute Gasteiger partial charge is 0.480 e. The summed E-state index contributed by atoms with van der Waals surface area (Å²) in [5.74, 6) is -2.31. The van der Waals surface area contributed by atoms with Crippen molar-refractivity contribution in [2.45, 2.75) is 20.8 Å². The van der Waals surface area contributed by atoms with Crippen LogP contribution in [0.25, 0.3) is 0 Å². The normalized spacial score (nSPS) is 10.3. The number of rotatable bonds is 5. The van der Waals surface area contributed by atoms with Gasteiger partial charge in [0.25, 0.3) is 5.91 Å². The lowest BCUT2D eigenvalue weighted by Crippen LogP contribution is -2.39. The molecule has 2 N–H and O–H groups in total. The van der Waals surface area contributed by atoms with Crippen molar-refractivity contribution in [1.29, 1.82) is 0 Å². The van der Waals surface area contributed by atoms with Gasteiger partial charge in [0.15, 0.2) is 0 Å². The van der Waals surface area contributed by atoms with E-state index in [4.69, 9.17) is 14.6 Å². The van der Waals surface area contributed by atoms with E-state index in [1.165, 1.54) is 0 Å². The maximum absolute atomic E-state index is 12.2. The van der Waals surface area contributed by atoms with E-state index < -0.39 is 30.9 Å². The van der Waals surface area contributed by atoms with Crippen molar-refractivity contribution in [3.63, 3.8) is 0 Å². The Hall–Kier alpha value is -2.31. The van der Waals surface area contributed by atoms with E-state index in [9.17, 15) is 14.4 Å². The molecule has 0 saturated carbocycles. The van der Waals surface area contributed by atoms with Gasteiger partial charge in [0.05, 0.1) is 5.56 Å². The van der Waals surface area contributed by atoms with E-state index in [-0.39, 0.29) is 5.56 Å². The van der Waals surface area contributed by atoms with Crippen LogP contribution in [0.5, 0.6) is 0 Å². The van der Waals surface area contributed by atoms with Crippen molar-refractivity contribution in [3.8, 4) is 0 Å². The lowest BCUT2D eigenvalue weighted by Gasteiger charge is -2.18. The number of hydrogen-bond donors (Lipinski definition) is 2. The summed E-state index contributed by atoms with van der Waals surface area (Å²) in [7, 11) is 0. The number of amides is 1. The van der Waals surface area contributed by atoms with Crippen molar-refractivity contribution < 1.29 is 29.0 Å². The van der Waals surface area contributed by atoms with Gasteiger partial charge in [-0.05, 0) is 20.8 Å². The second-order valence-corrected chi connectivity index (χ2v) is 4.16. The highest BCUT2D eigenvalue weighted by molar-refractivity contribution is 5.99. The fraction of sp³-hybridized carbons (Fsp3) is 0.417. The van der Waals surface area contributed by atoms with Gasteiger partial charge in [-0.25, -0.2) is 0 Å². The summed E-state index contributed by atoms with van der Waals surface area (Å²) in [6, 6.07) is 0. The number of nitrogens with zero attached hydrogens (tertiary/aromatic N) is 1. The highest BCUT2D eigenvalue weighted by Crippen LogP contribution is 2.22. The van der Waals surface area contributed by atoms with Crippen LogP contribution in [0.15, 0.2) is 4.42 Å². The van der Waals surface area contributed by atoms with E-state index in [2.05, 4.69) is 0 Å². The maximum Gasteiger partial charge on any atom is 0.323 e. The average Bonchev–Trinajstić information content (AvgIpc) is 2.50. The molecule has 0 saturated heterocycles. The molecule has 0 fully saturated rings. The van der Waals surface area contributed by atoms with Gasteiger partial charge in [-0.15, -0.1) is 0 Å². The number of carbonyl (C=O) groups excluding carboxylic acids is 1. The van der Waals surface area contributed by atoms with Crippen molar-refractivity contribution in [1.82, 2.24) is 4.90 Å². The second-order valence-electron chi connectivity index (χ2n) is 4.16. The number of furan rings is 1. The molecule has 0 aliphatic carbocycles. The number of carbonyl (C=O) groups is 3. The molecule has 19 heavy (non-hydrogen) atoms. The van der Waals surface area contributed by atoms with Gasteiger partial charge in [0, 0.05) is 5.56 Å². The molecular weight excluding hydrogens is 254 g/mol. The predicted molar refractivity (Wildman–Crippen MR) is 64.1 cm³/mol. The minimum Gasteiger partial charge on any atom is -0.480 e. The Morgan fingerprint density at radius 1 is 1.00 bits per heavy atom. The molecule has 0 aliphatic heterocycles. The summed E-state index contributed by atoms with van der Waals surface area (Å²) >= 11 is 0. The highest BCUT2D eigenvalue weighted by atomic mass is 16.4. The van der Waals surface area contributed by atoms with Crippen LogP contribution >= 0.6 is 0 Å². The first-order chi connectivity index (χ1) is 8.73. The van der Waals surface area contributed by atoms with Crippen molar-refractivity contribution >= 4 is 17.8 Å². The van der Waals surface area contributed by atoms with E-state index in [0.29, 0.717) is 17.1 Å². The number of aryl methyl sites for hydroxylation is 2. The van der Waals surface area contributed by atoms with Crippen LogP contribution in [0.2, 0.25) is 0 Å². The van der Waals surface area contributed by atoms with Crippen LogP contribution < -0.4 is 0 Å². The van der Waals surface area contributed by atoms with Crippen LogP contribution in [-0.2, 0) is 9.59 Å². The van der Waals surface area contributed by atoms with Crippen LogP contribution in [-0.4, -0.2) is 46.0 Å². The lowest BCUT2D eigenvalue weighted by molar-refractivity contribution is -0.140. The molecule has 1 amide bonds. The molecule has 7 heteroatoms. The highest BCUT2D eigenvalue weighted by Gasteiger charge is 2.26. The van der Waals surface area contributed by atoms with Crippen molar-refractivity contribution in [2.24, 2.45) is 0 Å². The van der Waals surface area contributed by atoms with Crippen LogP contribution in [0, 0.1) is 20.8 Å². The first kappa shape index (κ1) is 14.7. The Morgan fingerprint density at radius 3 is 1.79 bits per heavy atom. The third-order valence-corrected chi connectivity index (χ3v) is 2.71. The SMILES string of the molecule is Cc1oc(C)c(C(=O)N(CC(=O)O)CC(=O)O)c1C. The topological polar surface area (TPSA) is 108 Å². The Bertz CT molecular complexity index is 515. The maximum atomic E-state index is 12.2. The standard InChI is InChI=1S/C12H15NO6/c1-6-7(2)19-8(3)11(6)12(18)13(4-9(14)15)5-10(16)17/h4-5H2,1-3H3,(H,14,15)(H,16,17). The average molecular weight is 269 g/mol. The third kappa shape index (κ3) is 3.34. The summed E-state index contributed by atoms with van der Waals surface area (Å²) in [5.41, 5.74) is 0.809. The molecule has 1 aromatic rings. The smallest absolute Gasteiger partial charge is 0.323 e. The molecule has 0 aromatic carbocycles. The predicted octanol–water partition coefficient (Wildman–Crippen LogP) is 0.816. The van der Waals surface area contributed by atoms with Gasteiger partial charge in [0.1, 0.15) is 24.6 Å². The van der Waals surface area contributed by atoms with Crippen LogP contribution in [0.3, 0.4) is 0 Å². The Kier molecular flexibility index (Phi) is 4.31. The molecule has 104 valence electrons. The molecule has 0 atom stereocenters. The van der Waals surface area contributed by atoms with Gasteiger partial charge >= 0.3 is 11.9 Å². The van der Waals surface area contributed by atoms with E-state index in [0.717, 1.165) is 4.90 Å². The van der Waals surface area contributed by atoms with Crippen LogP contribution in [0.1, 0.15) is 27.4 Å². The second kappa shape index (κ2) is 5.55. The molecule has 0 unspecified atom stereocenters. The number of carboxylic acids is 2. The van der Waals surface area contributed by atoms with Gasteiger partial charge in [-0.2, -0.15) is 0 Å². The van der Waals surface area contributed by atoms with Crippen LogP contribution in [0.4, 0.5) is 0 Å². The number of hydrogen-bond acceptors (Lipinski definition) is 4. The summed E-state index contributed by atoms with van der Waals surface area (Å²) in [4.78, 5) is 34.4. The summed E-state index contributed by atoms with van der Waals surface area (Å²) in [6.45, 7) is 3.58. The molecule has 1 aromatic heterocycles. The van der Waals surface area contributed by atoms with Crippen molar-refractivity contribution in [3.05, 3.63) is 22.6 Å². The van der Waals surface area contributed by atoms with Gasteiger partial charge in [-0.1, -0.05) is 0 Å². The van der Waals surface area contributed by atoms with Crippen molar-refractivity contribution in [2.75, 3.05) is 13.1 Å². The van der Waals surface area contributed by atoms with Gasteiger partial charge in [0.2, 0.25) is 0 Å². The summed E-state index contributed by atoms with van der Waals surface area (Å²) in [5, 5.41) is 17.5. The summed E-state index contributed by atoms with van der Waals surface area (Å²) < 4.78 is 5.28. The third-order valence-electron chi connectivity index (χ3n) is 2.71. The minimum atomic E-state index is -1.27. The minimum absolute atomic E-state index is 0.222. The summed E-state index contributed by atoms with van der Waals surface area (Å²) in [6.07, 6.45) is 0.